The first-order valence-electron chi connectivity index (χ1n) is 9.21. The highest BCUT2D eigenvalue weighted by atomic mass is 16.2. The Bertz CT molecular complexity index is 602. The van der Waals surface area contributed by atoms with Crippen molar-refractivity contribution < 1.29 is 9.59 Å². The van der Waals surface area contributed by atoms with Gasteiger partial charge in [0.2, 0.25) is 5.91 Å². The highest BCUT2D eigenvalue weighted by Crippen LogP contribution is 2.32. The molecule has 6 heteroatoms. The molecule has 25 heavy (non-hydrogen) atoms. The van der Waals surface area contributed by atoms with Crippen LogP contribution >= 0.6 is 0 Å². The summed E-state index contributed by atoms with van der Waals surface area (Å²) in [5, 5.41) is 12.1. The fraction of sp³-hybridized carbons (Fsp3) is 0.579. The monoisotopic (exact) mass is 344 g/mol. The SMILES string of the molecule is CC(C)NC(=O)Nc1ccc(NC(=O)CC2CC3CCC(C2)N3)cc1. The number of carbonyl (C=O) groups excluding carboxylic acids is 2. The van der Waals surface area contributed by atoms with E-state index in [2.05, 4.69) is 21.3 Å². The summed E-state index contributed by atoms with van der Waals surface area (Å²) in [5.41, 5.74) is 1.46. The number of nitrogens with one attached hydrogen (secondary N) is 4. The van der Waals surface area contributed by atoms with E-state index >= 15 is 0 Å². The van der Waals surface area contributed by atoms with E-state index in [-0.39, 0.29) is 18.0 Å². The molecule has 3 amide bonds. The number of hydrogen-bond donors (Lipinski definition) is 4. The molecule has 0 aromatic heterocycles. The fourth-order valence-corrected chi connectivity index (χ4v) is 3.88. The van der Waals surface area contributed by atoms with Crippen molar-refractivity contribution in [3.63, 3.8) is 0 Å². The third kappa shape index (κ3) is 5.19. The zero-order valence-corrected chi connectivity index (χ0v) is 15.0. The number of piperidine rings is 1. The molecule has 0 aliphatic carbocycles. The van der Waals surface area contributed by atoms with Gasteiger partial charge in [-0.2, -0.15) is 0 Å². The van der Waals surface area contributed by atoms with Gasteiger partial charge in [-0.1, -0.05) is 0 Å². The molecule has 2 bridgehead atoms. The Morgan fingerprint density at radius 3 is 2.16 bits per heavy atom. The first-order chi connectivity index (χ1) is 12.0. The summed E-state index contributed by atoms with van der Waals surface area (Å²) in [6.07, 6.45) is 5.31. The number of amides is 3. The lowest BCUT2D eigenvalue weighted by atomic mass is 9.89. The smallest absolute Gasteiger partial charge is 0.319 e. The van der Waals surface area contributed by atoms with E-state index in [4.69, 9.17) is 0 Å². The number of rotatable bonds is 5. The van der Waals surface area contributed by atoms with Gasteiger partial charge in [-0.3, -0.25) is 4.79 Å². The van der Waals surface area contributed by atoms with Crippen LogP contribution in [0.4, 0.5) is 16.2 Å². The van der Waals surface area contributed by atoms with E-state index in [1.165, 1.54) is 12.8 Å². The summed E-state index contributed by atoms with van der Waals surface area (Å²) < 4.78 is 0. The molecule has 0 radical (unpaired) electrons. The van der Waals surface area contributed by atoms with Crippen molar-refractivity contribution >= 4 is 23.3 Å². The minimum atomic E-state index is -0.229. The summed E-state index contributed by atoms with van der Waals surface area (Å²) in [6, 6.07) is 8.29. The van der Waals surface area contributed by atoms with Crippen LogP contribution in [0.15, 0.2) is 24.3 Å². The summed E-state index contributed by atoms with van der Waals surface area (Å²) in [7, 11) is 0. The van der Waals surface area contributed by atoms with Gasteiger partial charge >= 0.3 is 6.03 Å². The van der Waals surface area contributed by atoms with Gasteiger partial charge in [-0.05, 0) is 69.7 Å². The third-order valence-corrected chi connectivity index (χ3v) is 4.89. The Kier molecular flexibility index (Phi) is 5.58. The average Bonchev–Trinajstić information content (AvgIpc) is 2.87. The molecule has 1 aromatic rings. The molecule has 0 spiro atoms. The topological polar surface area (TPSA) is 82.3 Å². The number of fused-ring (bicyclic) bond motifs is 2. The lowest BCUT2D eigenvalue weighted by Gasteiger charge is -2.28. The molecule has 2 aliphatic rings. The maximum Gasteiger partial charge on any atom is 0.319 e. The first-order valence-corrected chi connectivity index (χ1v) is 9.21. The quantitative estimate of drug-likeness (QED) is 0.662. The van der Waals surface area contributed by atoms with E-state index in [9.17, 15) is 9.59 Å². The average molecular weight is 344 g/mol. The number of hydrogen-bond acceptors (Lipinski definition) is 3. The molecule has 3 rings (SSSR count). The molecule has 4 N–H and O–H groups in total. The second-order valence-corrected chi connectivity index (χ2v) is 7.56. The molecule has 2 fully saturated rings. The van der Waals surface area contributed by atoms with Gasteiger partial charge in [0.25, 0.3) is 0 Å². The van der Waals surface area contributed by atoms with Gasteiger partial charge in [0.15, 0.2) is 0 Å². The van der Waals surface area contributed by atoms with Crippen molar-refractivity contribution in [3.8, 4) is 0 Å². The van der Waals surface area contributed by atoms with Crippen LogP contribution in [0.2, 0.25) is 0 Å². The summed E-state index contributed by atoms with van der Waals surface area (Å²) in [4.78, 5) is 24.0. The molecule has 2 heterocycles. The van der Waals surface area contributed by atoms with Crippen LogP contribution in [-0.2, 0) is 4.79 Å². The highest BCUT2D eigenvalue weighted by Gasteiger charge is 2.34. The predicted molar refractivity (Wildman–Crippen MR) is 99.6 cm³/mol. The molecule has 2 unspecified atom stereocenters. The van der Waals surface area contributed by atoms with Crippen molar-refractivity contribution in [2.24, 2.45) is 5.92 Å². The predicted octanol–water partition coefficient (Wildman–Crippen LogP) is 3.08. The van der Waals surface area contributed by atoms with E-state index in [1.54, 1.807) is 12.1 Å². The molecule has 1 aromatic carbocycles. The Morgan fingerprint density at radius 2 is 1.60 bits per heavy atom. The van der Waals surface area contributed by atoms with Crippen LogP contribution in [-0.4, -0.2) is 30.1 Å². The summed E-state index contributed by atoms with van der Waals surface area (Å²) in [6.45, 7) is 3.82. The van der Waals surface area contributed by atoms with Gasteiger partial charge in [0.1, 0.15) is 0 Å². The van der Waals surface area contributed by atoms with Gasteiger partial charge in [-0.25, -0.2) is 4.79 Å². The second kappa shape index (κ2) is 7.87. The Hall–Kier alpha value is -2.08. The van der Waals surface area contributed by atoms with Crippen molar-refractivity contribution in [2.75, 3.05) is 10.6 Å². The largest absolute Gasteiger partial charge is 0.336 e. The standard InChI is InChI=1S/C19H28N4O2/c1-12(2)20-19(25)23-15-5-3-14(4-6-15)22-18(24)11-13-9-16-7-8-17(10-13)21-16/h3-6,12-13,16-17,21H,7-11H2,1-2H3,(H,22,24)(H2,20,23,25). The molecule has 2 aliphatic heterocycles. The zero-order chi connectivity index (χ0) is 17.8. The van der Waals surface area contributed by atoms with Crippen LogP contribution in [0.5, 0.6) is 0 Å². The minimum Gasteiger partial charge on any atom is -0.336 e. The molecule has 2 atom stereocenters. The molecule has 136 valence electrons. The van der Waals surface area contributed by atoms with Crippen LogP contribution in [0, 0.1) is 5.92 Å². The van der Waals surface area contributed by atoms with E-state index in [0.717, 1.165) is 18.5 Å². The number of anilines is 2. The number of carbonyl (C=O) groups is 2. The zero-order valence-electron chi connectivity index (χ0n) is 15.0. The number of urea groups is 1. The second-order valence-electron chi connectivity index (χ2n) is 7.56. The van der Waals surface area contributed by atoms with Crippen LogP contribution in [0.1, 0.15) is 46.0 Å². The molecule has 2 saturated heterocycles. The van der Waals surface area contributed by atoms with E-state index < -0.39 is 0 Å². The summed E-state index contributed by atoms with van der Waals surface area (Å²) >= 11 is 0. The van der Waals surface area contributed by atoms with Gasteiger partial charge in [-0.15, -0.1) is 0 Å². The normalized spacial score (nSPS) is 24.8. The minimum absolute atomic E-state index is 0.0737. The molecular formula is C19H28N4O2. The van der Waals surface area contributed by atoms with Gasteiger partial charge < -0.3 is 21.3 Å². The van der Waals surface area contributed by atoms with Crippen molar-refractivity contribution in [2.45, 2.75) is 64.1 Å². The summed E-state index contributed by atoms with van der Waals surface area (Å²) in [5.74, 6) is 0.559. The maximum atomic E-state index is 12.3. The van der Waals surface area contributed by atoms with Crippen LogP contribution in [0.25, 0.3) is 0 Å². The molecular weight excluding hydrogens is 316 g/mol. The lowest BCUT2D eigenvalue weighted by Crippen LogP contribution is -2.39. The molecule has 6 nitrogen and oxygen atoms in total. The highest BCUT2D eigenvalue weighted by molar-refractivity contribution is 5.92. The fourth-order valence-electron chi connectivity index (χ4n) is 3.88. The van der Waals surface area contributed by atoms with Crippen LogP contribution < -0.4 is 21.3 Å². The van der Waals surface area contributed by atoms with Gasteiger partial charge in [0.05, 0.1) is 0 Å². The Morgan fingerprint density at radius 1 is 1.04 bits per heavy atom. The maximum absolute atomic E-state index is 12.3. The van der Waals surface area contributed by atoms with E-state index in [1.807, 2.05) is 26.0 Å². The van der Waals surface area contributed by atoms with Crippen molar-refractivity contribution in [3.05, 3.63) is 24.3 Å². The Labute approximate surface area is 149 Å². The Balaban J connectivity index is 1.46. The van der Waals surface area contributed by atoms with Crippen molar-refractivity contribution in [1.82, 2.24) is 10.6 Å². The lowest BCUT2D eigenvalue weighted by molar-refractivity contribution is -0.117. The molecule has 0 saturated carbocycles. The van der Waals surface area contributed by atoms with Gasteiger partial charge in [0, 0.05) is 35.9 Å². The van der Waals surface area contributed by atoms with Crippen molar-refractivity contribution in [1.29, 1.82) is 0 Å². The van der Waals surface area contributed by atoms with E-state index in [0.29, 0.717) is 30.1 Å². The third-order valence-electron chi connectivity index (χ3n) is 4.89. The van der Waals surface area contributed by atoms with Crippen LogP contribution in [0.3, 0.4) is 0 Å². The number of benzene rings is 1. The first kappa shape index (κ1) is 17.7.